The molecule has 0 heterocycles. The first-order chi connectivity index (χ1) is 8.52. The van der Waals surface area contributed by atoms with Gasteiger partial charge in [-0.25, -0.2) is 14.6 Å². The normalized spacial score (nSPS) is 10.1. The van der Waals surface area contributed by atoms with E-state index in [1.54, 1.807) is 13.8 Å². The van der Waals surface area contributed by atoms with Crippen LogP contribution in [-0.4, -0.2) is 36.8 Å². The molecule has 0 aromatic heterocycles. The molecule has 0 amide bonds. The highest BCUT2D eigenvalue weighted by Gasteiger charge is 2.18. The molecule has 100 valence electrons. The number of hydrogen-bond donors (Lipinski definition) is 0. The van der Waals surface area contributed by atoms with Gasteiger partial charge in [0.2, 0.25) is 12.2 Å². The van der Waals surface area contributed by atoms with Gasteiger partial charge in [0.1, 0.15) is 12.1 Å². The highest BCUT2D eigenvalue weighted by Crippen LogP contribution is 2.09. The standard InChI is InChI=1S/C12H18N2O4/c1-12(2,14-10-16)8-18-11(17)6-4-3-5-7-13-9-15/h3-8H2,1-2H3. The Morgan fingerprint density at radius 2 is 1.89 bits per heavy atom. The third-order valence-electron chi connectivity index (χ3n) is 2.15. The number of isocyanates is 2. The van der Waals surface area contributed by atoms with Gasteiger partial charge in [-0.05, 0) is 26.7 Å². The van der Waals surface area contributed by atoms with Crippen LogP contribution in [0.5, 0.6) is 0 Å². The van der Waals surface area contributed by atoms with Crippen LogP contribution in [-0.2, 0) is 19.1 Å². The average Bonchev–Trinajstić information content (AvgIpc) is 2.31. The molecule has 0 fully saturated rings. The summed E-state index contributed by atoms with van der Waals surface area (Å²) in [6, 6.07) is 0. The molecule has 0 aliphatic carbocycles. The van der Waals surface area contributed by atoms with Crippen molar-refractivity contribution in [3.05, 3.63) is 0 Å². The minimum atomic E-state index is -0.726. The molecule has 0 unspecified atom stereocenters. The predicted octanol–water partition coefficient (Wildman–Crippen LogP) is 1.54. The fourth-order valence-corrected chi connectivity index (χ4v) is 1.17. The van der Waals surface area contributed by atoms with E-state index < -0.39 is 5.54 Å². The molecule has 0 saturated heterocycles. The lowest BCUT2D eigenvalue weighted by Gasteiger charge is -2.16. The molecule has 0 aromatic rings. The second kappa shape index (κ2) is 9.28. The quantitative estimate of drug-likeness (QED) is 0.270. The van der Waals surface area contributed by atoms with Gasteiger partial charge in [0.25, 0.3) is 0 Å². The van der Waals surface area contributed by atoms with Crippen LogP contribution in [0.1, 0.15) is 39.5 Å². The summed E-state index contributed by atoms with van der Waals surface area (Å²) >= 11 is 0. The summed E-state index contributed by atoms with van der Waals surface area (Å²) in [7, 11) is 0. The number of nitrogens with zero attached hydrogens (tertiary/aromatic N) is 2. The van der Waals surface area contributed by atoms with Crippen LogP contribution in [0.15, 0.2) is 9.98 Å². The van der Waals surface area contributed by atoms with E-state index in [1.807, 2.05) is 0 Å². The highest BCUT2D eigenvalue weighted by molar-refractivity contribution is 5.69. The van der Waals surface area contributed by atoms with E-state index in [9.17, 15) is 14.4 Å². The van der Waals surface area contributed by atoms with Gasteiger partial charge < -0.3 is 4.74 Å². The van der Waals surface area contributed by atoms with Crippen molar-refractivity contribution in [1.29, 1.82) is 0 Å². The fourth-order valence-electron chi connectivity index (χ4n) is 1.17. The van der Waals surface area contributed by atoms with Gasteiger partial charge in [-0.1, -0.05) is 6.42 Å². The Hall–Kier alpha value is -1.77. The smallest absolute Gasteiger partial charge is 0.305 e. The summed E-state index contributed by atoms with van der Waals surface area (Å²) in [6.45, 7) is 3.88. The van der Waals surface area contributed by atoms with Crippen molar-refractivity contribution in [2.75, 3.05) is 13.2 Å². The van der Waals surface area contributed by atoms with Gasteiger partial charge in [-0.2, -0.15) is 4.99 Å². The largest absolute Gasteiger partial charge is 0.463 e. The van der Waals surface area contributed by atoms with Crippen LogP contribution >= 0.6 is 0 Å². The molecule has 0 bridgehead atoms. The van der Waals surface area contributed by atoms with Gasteiger partial charge in [-0.3, -0.25) is 4.79 Å². The van der Waals surface area contributed by atoms with Crippen LogP contribution in [0.3, 0.4) is 0 Å². The Labute approximate surface area is 106 Å². The maximum atomic E-state index is 11.3. The summed E-state index contributed by atoms with van der Waals surface area (Å²) in [4.78, 5) is 38.1. The molecule has 0 spiro atoms. The minimum Gasteiger partial charge on any atom is -0.463 e. The first-order valence-corrected chi connectivity index (χ1v) is 5.80. The third-order valence-corrected chi connectivity index (χ3v) is 2.15. The lowest BCUT2D eigenvalue weighted by atomic mass is 10.1. The number of ether oxygens (including phenoxy) is 1. The maximum Gasteiger partial charge on any atom is 0.305 e. The molecule has 0 atom stereocenters. The van der Waals surface area contributed by atoms with Gasteiger partial charge >= 0.3 is 5.97 Å². The predicted molar refractivity (Wildman–Crippen MR) is 64.6 cm³/mol. The molecule has 0 radical (unpaired) electrons. The van der Waals surface area contributed by atoms with E-state index in [-0.39, 0.29) is 12.6 Å². The molecule has 0 saturated carbocycles. The van der Waals surface area contributed by atoms with Crippen molar-refractivity contribution in [1.82, 2.24) is 0 Å². The van der Waals surface area contributed by atoms with Crippen molar-refractivity contribution < 1.29 is 19.1 Å². The van der Waals surface area contributed by atoms with Crippen molar-refractivity contribution in [3.63, 3.8) is 0 Å². The Morgan fingerprint density at radius 1 is 1.17 bits per heavy atom. The molecule has 6 heteroatoms. The first kappa shape index (κ1) is 16.2. The Balaban J connectivity index is 3.66. The SMILES string of the molecule is CC(C)(COC(=O)CCCCCN=C=O)N=C=O. The topological polar surface area (TPSA) is 85.2 Å². The van der Waals surface area contributed by atoms with E-state index in [4.69, 9.17) is 4.74 Å². The van der Waals surface area contributed by atoms with Crippen LogP contribution in [0, 0.1) is 0 Å². The summed E-state index contributed by atoms with van der Waals surface area (Å²) in [6.07, 6.45) is 5.45. The molecule has 0 N–H and O–H groups in total. The van der Waals surface area contributed by atoms with E-state index in [0.717, 1.165) is 12.8 Å². The molecule has 0 aromatic carbocycles. The number of unbranched alkanes of at least 4 members (excludes halogenated alkanes) is 2. The van der Waals surface area contributed by atoms with Gasteiger partial charge in [-0.15, -0.1) is 0 Å². The molecule has 0 aliphatic rings. The molecule has 0 aliphatic heterocycles. The monoisotopic (exact) mass is 254 g/mol. The maximum absolute atomic E-state index is 11.3. The number of aliphatic imine (C=N–C) groups is 2. The third kappa shape index (κ3) is 9.46. The van der Waals surface area contributed by atoms with Crippen molar-refractivity contribution in [2.24, 2.45) is 9.98 Å². The van der Waals surface area contributed by atoms with Crippen LogP contribution in [0.25, 0.3) is 0 Å². The van der Waals surface area contributed by atoms with Gasteiger partial charge in [0.05, 0.1) is 6.54 Å². The van der Waals surface area contributed by atoms with Crippen molar-refractivity contribution in [2.45, 2.75) is 45.1 Å². The number of carbonyl (C=O) groups excluding carboxylic acids is 3. The summed E-state index contributed by atoms with van der Waals surface area (Å²) < 4.78 is 4.99. The zero-order chi connectivity index (χ0) is 13.9. The van der Waals surface area contributed by atoms with Crippen molar-refractivity contribution in [3.8, 4) is 0 Å². The molecular formula is C12H18N2O4. The second-order valence-corrected chi connectivity index (χ2v) is 4.46. The average molecular weight is 254 g/mol. The lowest BCUT2D eigenvalue weighted by molar-refractivity contribution is -0.145. The fraction of sp³-hybridized carbons (Fsp3) is 0.750. The Morgan fingerprint density at radius 3 is 2.50 bits per heavy atom. The van der Waals surface area contributed by atoms with Crippen LogP contribution < -0.4 is 0 Å². The Bertz CT molecular complexity index is 353. The number of hydrogen-bond acceptors (Lipinski definition) is 6. The molecule has 6 nitrogen and oxygen atoms in total. The number of esters is 1. The van der Waals surface area contributed by atoms with E-state index in [0.29, 0.717) is 19.4 Å². The van der Waals surface area contributed by atoms with Gasteiger partial charge in [0.15, 0.2) is 0 Å². The molecule has 0 rings (SSSR count). The number of rotatable bonds is 9. The highest BCUT2D eigenvalue weighted by atomic mass is 16.5. The van der Waals surface area contributed by atoms with Crippen molar-refractivity contribution >= 4 is 18.1 Å². The molecule has 18 heavy (non-hydrogen) atoms. The zero-order valence-electron chi connectivity index (χ0n) is 10.8. The minimum absolute atomic E-state index is 0.0660. The van der Waals surface area contributed by atoms with E-state index in [1.165, 1.54) is 12.2 Å². The summed E-state index contributed by atoms with van der Waals surface area (Å²) in [5.74, 6) is -0.317. The second-order valence-electron chi connectivity index (χ2n) is 4.46. The lowest BCUT2D eigenvalue weighted by Crippen LogP contribution is -2.26. The van der Waals surface area contributed by atoms with Gasteiger partial charge in [0, 0.05) is 6.42 Å². The molecular weight excluding hydrogens is 236 g/mol. The summed E-state index contributed by atoms with van der Waals surface area (Å²) in [5, 5.41) is 0. The van der Waals surface area contributed by atoms with Crippen LogP contribution in [0.2, 0.25) is 0 Å². The first-order valence-electron chi connectivity index (χ1n) is 5.80. The van der Waals surface area contributed by atoms with E-state index in [2.05, 4.69) is 9.98 Å². The van der Waals surface area contributed by atoms with Crippen LogP contribution in [0.4, 0.5) is 0 Å². The zero-order valence-corrected chi connectivity index (χ0v) is 10.8. The Kier molecular flexibility index (Phi) is 8.37. The summed E-state index contributed by atoms with van der Waals surface area (Å²) in [5.41, 5.74) is -0.726. The van der Waals surface area contributed by atoms with E-state index >= 15 is 0 Å². The number of carbonyl (C=O) groups is 1.